The van der Waals surface area contributed by atoms with Crippen molar-refractivity contribution in [3.05, 3.63) is 43.5 Å². The molecular formula is C9H11N5O6. The zero-order valence-electron chi connectivity index (χ0n) is 9.95. The van der Waals surface area contributed by atoms with Gasteiger partial charge in [0.15, 0.2) is 0 Å². The standard InChI is InChI=1S/C9H11N5O6/c10-13-12-9(7(18)6(17)4(3-15)20-9)14-2-1-5(16)11-8(14)19/h1-2,4,6-7,15,17-18H,3H2,(H,11,16,19)/t4-,6-,7-,9+/m1/s1. The Morgan fingerprint density at radius 2 is 2.25 bits per heavy atom. The van der Waals surface area contributed by atoms with Crippen LogP contribution in [0.15, 0.2) is 27.0 Å². The van der Waals surface area contributed by atoms with E-state index in [0.29, 0.717) is 4.57 Å². The van der Waals surface area contributed by atoms with Crippen molar-refractivity contribution >= 4 is 0 Å². The van der Waals surface area contributed by atoms with Crippen molar-refractivity contribution in [3.8, 4) is 0 Å². The molecular weight excluding hydrogens is 274 g/mol. The quantitative estimate of drug-likeness (QED) is 0.273. The van der Waals surface area contributed by atoms with Crippen LogP contribution in [0.5, 0.6) is 0 Å². The fraction of sp³-hybridized carbons (Fsp3) is 0.556. The van der Waals surface area contributed by atoms with E-state index in [9.17, 15) is 19.8 Å². The third-order valence-corrected chi connectivity index (χ3v) is 2.95. The second-order valence-electron chi connectivity index (χ2n) is 4.10. The van der Waals surface area contributed by atoms with Crippen LogP contribution < -0.4 is 11.2 Å². The van der Waals surface area contributed by atoms with Crippen molar-refractivity contribution in [2.24, 2.45) is 5.11 Å². The monoisotopic (exact) mass is 285 g/mol. The SMILES string of the molecule is [N-]=[N+]=N[C@@]1(n2ccc(=O)[nH]c2=O)O[C@H](CO)[C@@H](O)[C@H]1O. The highest BCUT2D eigenvalue weighted by Gasteiger charge is 2.55. The summed E-state index contributed by atoms with van der Waals surface area (Å²) in [5, 5.41) is 32.0. The van der Waals surface area contributed by atoms with Gasteiger partial charge >= 0.3 is 5.69 Å². The van der Waals surface area contributed by atoms with Gasteiger partial charge in [-0.2, -0.15) is 0 Å². The number of aliphatic hydroxyl groups excluding tert-OH is 3. The number of aliphatic hydroxyl groups is 3. The first-order valence-corrected chi connectivity index (χ1v) is 5.50. The van der Waals surface area contributed by atoms with Crippen LogP contribution in [-0.4, -0.2) is 49.8 Å². The molecule has 0 unspecified atom stereocenters. The predicted octanol–water partition coefficient (Wildman–Crippen LogP) is -2.43. The van der Waals surface area contributed by atoms with Gasteiger partial charge in [0.05, 0.1) is 6.61 Å². The van der Waals surface area contributed by atoms with Gasteiger partial charge in [-0.25, -0.2) is 4.79 Å². The average Bonchev–Trinajstić information content (AvgIpc) is 2.65. The molecule has 11 heteroatoms. The Kier molecular flexibility index (Phi) is 3.61. The molecule has 1 aliphatic heterocycles. The van der Waals surface area contributed by atoms with Crippen molar-refractivity contribution in [2.75, 3.05) is 6.61 Å². The molecule has 108 valence electrons. The smallest absolute Gasteiger partial charge is 0.330 e. The maximum atomic E-state index is 11.7. The number of hydrogen-bond acceptors (Lipinski definition) is 7. The average molecular weight is 285 g/mol. The predicted molar refractivity (Wildman–Crippen MR) is 62.4 cm³/mol. The van der Waals surface area contributed by atoms with Crippen molar-refractivity contribution in [2.45, 2.75) is 24.2 Å². The fourth-order valence-electron chi connectivity index (χ4n) is 2.00. The first kappa shape index (κ1) is 14.2. The summed E-state index contributed by atoms with van der Waals surface area (Å²) in [5.41, 5.74) is 6.89. The summed E-state index contributed by atoms with van der Waals surface area (Å²) < 4.78 is 5.78. The summed E-state index contributed by atoms with van der Waals surface area (Å²) in [7, 11) is 0. The van der Waals surface area contributed by atoms with Crippen molar-refractivity contribution < 1.29 is 20.1 Å². The van der Waals surface area contributed by atoms with Gasteiger partial charge in [0.2, 0.25) is 0 Å². The van der Waals surface area contributed by atoms with Gasteiger partial charge in [0, 0.05) is 17.2 Å². The first-order valence-electron chi connectivity index (χ1n) is 5.50. The highest BCUT2D eigenvalue weighted by atomic mass is 16.6. The Labute approximate surface area is 110 Å². The van der Waals surface area contributed by atoms with Crippen molar-refractivity contribution in [1.29, 1.82) is 0 Å². The minimum absolute atomic E-state index is 0.637. The second-order valence-corrected chi connectivity index (χ2v) is 4.10. The lowest BCUT2D eigenvalue weighted by Gasteiger charge is -2.28. The Balaban J connectivity index is 2.65. The van der Waals surface area contributed by atoms with E-state index >= 15 is 0 Å². The second kappa shape index (κ2) is 5.07. The fourth-order valence-corrected chi connectivity index (χ4v) is 2.00. The molecule has 1 saturated heterocycles. The molecule has 0 bridgehead atoms. The molecule has 4 atom stereocenters. The summed E-state index contributed by atoms with van der Waals surface area (Å²) in [4.78, 5) is 27.1. The molecule has 0 saturated carbocycles. The van der Waals surface area contributed by atoms with E-state index in [2.05, 4.69) is 10.0 Å². The van der Waals surface area contributed by atoms with Gasteiger partial charge in [0.1, 0.15) is 18.3 Å². The van der Waals surface area contributed by atoms with Gasteiger partial charge in [0.25, 0.3) is 11.4 Å². The van der Waals surface area contributed by atoms with Crippen LogP contribution in [0.2, 0.25) is 0 Å². The van der Waals surface area contributed by atoms with E-state index in [-0.39, 0.29) is 0 Å². The summed E-state index contributed by atoms with van der Waals surface area (Å²) in [6, 6.07) is 0.949. The number of azide groups is 1. The van der Waals surface area contributed by atoms with Crippen LogP contribution >= 0.6 is 0 Å². The van der Waals surface area contributed by atoms with Gasteiger partial charge < -0.3 is 20.1 Å². The highest BCUT2D eigenvalue weighted by Crippen LogP contribution is 2.35. The summed E-state index contributed by atoms with van der Waals surface area (Å²) in [6.07, 6.45) is -3.69. The van der Waals surface area contributed by atoms with Crippen molar-refractivity contribution in [1.82, 2.24) is 9.55 Å². The van der Waals surface area contributed by atoms with Crippen LogP contribution in [0.3, 0.4) is 0 Å². The Morgan fingerprint density at radius 1 is 1.55 bits per heavy atom. The van der Waals surface area contributed by atoms with Crippen LogP contribution in [0.4, 0.5) is 0 Å². The molecule has 0 radical (unpaired) electrons. The molecule has 0 aliphatic carbocycles. The van der Waals surface area contributed by atoms with Crippen LogP contribution in [0, 0.1) is 0 Å². The molecule has 1 aromatic heterocycles. The number of hydrogen-bond donors (Lipinski definition) is 4. The normalized spacial score (nSPS) is 32.9. The maximum absolute atomic E-state index is 11.7. The van der Waals surface area contributed by atoms with E-state index in [4.69, 9.17) is 15.4 Å². The topological polar surface area (TPSA) is 174 Å². The molecule has 0 aromatic carbocycles. The van der Waals surface area contributed by atoms with E-state index in [1.807, 2.05) is 4.98 Å². The van der Waals surface area contributed by atoms with E-state index in [0.717, 1.165) is 12.3 Å². The van der Waals surface area contributed by atoms with Crippen molar-refractivity contribution in [3.63, 3.8) is 0 Å². The van der Waals surface area contributed by atoms with E-state index < -0.39 is 42.0 Å². The summed E-state index contributed by atoms with van der Waals surface area (Å²) >= 11 is 0. The van der Waals surface area contributed by atoms with Crippen LogP contribution in [0.25, 0.3) is 10.4 Å². The third-order valence-electron chi connectivity index (χ3n) is 2.95. The number of H-pyrrole nitrogens is 1. The Hall–Kier alpha value is -2.17. The van der Waals surface area contributed by atoms with Gasteiger partial charge in [-0.05, 0) is 10.6 Å². The number of nitrogens with one attached hydrogen (secondary N) is 1. The molecule has 2 rings (SSSR count). The lowest BCUT2D eigenvalue weighted by Crippen LogP contribution is -2.50. The van der Waals surface area contributed by atoms with E-state index in [1.54, 1.807) is 0 Å². The molecule has 1 aliphatic rings. The highest BCUT2D eigenvalue weighted by molar-refractivity contribution is 5.00. The van der Waals surface area contributed by atoms with Gasteiger partial charge in [-0.3, -0.25) is 14.3 Å². The molecule has 2 heterocycles. The molecule has 1 aromatic rings. The number of nitrogens with zero attached hydrogens (tertiary/aromatic N) is 4. The Bertz CT molecular complexity index is 663. The summed E-state index contributed by atoms with van der Waals surface area (Å²) in [6.45, 7) is -0.668. The largest absolute Gasteiger partial charge is 0.394 e. The van der Waals surface area contributed by atoms with Gasteiger partial charge in [-0.1, -0.05) is 0 Å². The zero-order chi connectivity index (χ0) is 14.9. The third kappa shape index (κ3) is 1.99. The zero-order valence-corrected chi connectivity index (χ0v) is 9.95. The molecule has 20 heavy (non-hydrogen) atoms. The Morgan fingerprint density at radius 3 is 2.75 bits per heavy atom. The first-order chi connectivity index (χ1) is 9.46. The number of aromatic nitrogens is 2. The molecule has 0 spiro atoms. The minimum atomic E-state index is -2.29. The molecule has 4 N–H and O–H groups in total. The number of ether oxygens (including phenoxy) is 1. The molecule has 1 fully saturated rings. The lowest BCUT2D eigenvalue weighted by molar-refractivity contribution is -0.145. The van der Waals surface area contributed by atoms with Crippen LogP contribution in [-0.2, 0) is 10.6 Å². The van der Waals surface area contributed by atoms with E-state index in [1.165, 1.54) is 0 Å². The molecule has 0 amide bonds. The van der Waals surface area contributed by atoms with Gasteiger partial charge in [-0.15, -0.1) is 0 Å². The minimum Gasteiger partial charge on any atom is -0.394 e. The van der Waals surface area contributed by atoms with Crippen LogP contribution in [0.1, 0.15) is 0 Å². The summed E-state index contributed by atoms with van der Waals surface area (Å²) in [5.74, 6) is -2.29. The maximum Gasteiger partial charge on any atom is 0.330 e. The number of aromatic amines is 1. The molecule has 11 nitrogen and oxygen atoms in total. The lowest BCUT2D eigenvalue weighted by atomic mass is 10.1. The number of rotatable bonds is 3.